The number of nitrogens with one attached hydrogen (secondary N) is 2. The summed E-state index contributed by atoms with van der Waals surface area (Å²) in [6, 6.07) is 4.54. The molecule has 136 valence electrons. The highest BCUT2D eigenvalue weighted by atomic mass is 19.1. The standard InChI is InChI=1S/C17H22FN3O4/c1-12-4-5-16(14(18)10-12)19-15(6-7-22)13(11-21(2)3)17(24)20-25-9-8-23/h4-7,10-11,19,23H,8-9H2,1-3H3,(H,20,24)/b13-11+,15-6+. The Bertz CT molecular complexity index is 672. The van der Waals surface area contributed by atoms with Crippen molar-refractivity contribution in [3.05, 3.63) is 53.1 Å². The summed E-state index contributed by atoms with van der Waals surface area (Å²) in [5.41, 5.74) is 3.16. The molecule has 0 heterocycles. The van der Waals surface area contributed by atoms with Gasteiger partial charge in [0.05, 0.1) is 30.2 Å². The lowest BCUT2D eigenvalue weighted by Crippen LogP contribution is -2.29. The highest BCUT2D eigenvalue weighted by molar-refractivity contribution is 5.99. The summed E-state index contributed by atoms with van der Waals surface area (Å²) < 4.78 is 14.1. The summed E-state index contributed by atoms with van der Waals surface area (Å²) in [6.07, 6.45) is 3.05. The van der Waals surface area contributed by atoms with Crippen LogP contribution in [0.3, 0.4) is 0 Å². The van der Waals surface area contributed by atoms with E-state index in [1.54, 1.807) is 32.0 Å². The summed E-state index contributed by atoms with van der Waals surface area (Å²) in [4.78, 5) is 29.7. The fourth-order valence-corrected chi connectivity index (χ4v) is 1.86. The van der Waals surface area contributed by atoms with E-state index >= 15 is 0 Å². The van der Waals surface area contributed by atoms with E-state index in [1.807, 2.05) is 0 Å². The van der Waals surface area contributed by atoms with Gasteiger partial charge in [-0.25, -0.2) is 9.87 Å². The van der Waals surface area contributed by atoms with Crippen molar-refractivity contribution < 1.29 is 23.9 Å². The average Bonchev–Trinajstić information content (AvgIpc) is 2.54. The van der Waals surface area contributed by atoms with Crippen LogP contribution in [0.5, 0.6) is 0 Å². The first kappa shape index (κ1) is 20.3. The Labute approximate surface area is 145 Å². The van der Waals surface area contributed by atoms with Crippen molar-refractivity contribution in [2.75, 3.05) is 32.6 Å². The van der Waals surface area contributed by atoms with Crippen molar-refractivity contribution >= 4 is 17.9 Å². The fraction of sp³-hybridized carbons (Fsp3) is 0.294. The van der Waals surface area contributed by atoms with E-state index in [4.69, 9.17) is 9.94 Å². The molecule has 0 fully saturated rings. The van der Waals surface area contributed by atoms with Gasteiger partial charge < -0.3 is 15.3 Å². The summed E-state index contributed by atoms with van der Waals surface area (Å²) in [5, 5.41) is 11.4. The number of rotatable bonds is 9. The van der Waals surface area contributed by atoms with Crippen LogP contribution in [0.1, 0.15) is 5.56 Å². The number of benzene rings is 1. The van der Waals surface area contributed by atoms with Crippen LogP contribution in [0.4, 0.5) is 10.1 Å². The molecule has 0 atom stereocenters. The van der Waals surface area contributed by atoms with E-state index in [2.05, 4.69) is 10.8 Å². The van der Waals surface area contributed by atoms with E-state index in [9.17, 15) is 14.0 Å². The van der Waals surface area contributed by atoms with Gasteiger partial charge in [0.1, 0.15) is 12.1 Å². The Morgan fingerprint density at radius 2 is 2.12 bits per heavy atom. The van der Waals surface area contributed by atoms with Gasteiger partial charge in [0, 0.05) is 26.4 Å². The van der Waals surface area contributed by atoms with Crippen molar-refractivity contribution in [1.82, 2.24) is 10.4 Å². The molecule has 0 aliphatic carbocycles. The van der Waals surface area contributed by atoms with Gasteiger partial charge >= 0.3 is 0 Å². The molecule has 0 saturated carbocycles. The Balaban J connectivity index is 3.14. The molecule has 0 saturated heterocycles. The molecule has 0 unspecified atom stereocenters. The van der Waals surface area contributed by atoms with Crippen LogP contribution in [-0.4, -0.2) is 49.5 Å². The van der Waals surface area contributed by atoms with E-state index in [0.717, 1.165) is 11.6 Å². The number of amides is 1. The average molecular weight is 351 g/mol. The van der Waals surface area contributed by atoms with Crippen LogP contribution >= 0.6 is 0 Å². The van der Waals surface area contributed by atoms with E-state index < -0.39 is 11.7 Å². The molecular formula is C17H22FN3O4. The van der Waals surface area contributed by atoms with Crippen molar-refractivity contribution in [2.45, 2.75) is 6.92 Å². The second-order valence-corrected chi connectivity index (χ2v) is 5.33. The quantitative estimate of drug-likeness (QED) is 0.203. The van der Waals surface area contributed by atoms with Crippen molar-refractivity contribution in [3.63, 3.8) is 0 Å². The molecule has 0 aliphatic rings. The monoisotopic (exact) mass is 351 g/mol. The number of anilines is 1. The Morgan fingerprint density at radius 3 is 2.68 bits per heavy atom. The maximum Gasteiger partial charge on any atom is 0.278 e. The van der Waals surface area contributed by atoms with Gasteiger partial charge in [-0.2, -0.15) is 0 Å². The first-order chi connectivity index (χ1) is 11.9. The minimum absolute atomic E-state index is 0.0509. The van der Waals surface area contributed by atoms with Gasteiger partial charge in [0.2, 0.25) is 0 Å². The third-order valence-corrected chi connectivity index (χ3v) is 2.91. The lowest BCUT2D eigenvalue weighted by molar-refractivity contribution is -0.130. The van der Waals surface area contributed by atoms with Crippen LogP contribution in [0.25, 0.3) is 0 Å². The summed E-state index contributed by atoms with van der Waals surface area (Å²) in [6.45, 7) is 1.39. The molecule has 1 amide bonds. The lowest BCUT2D eigenvalue weighted by Gasteiger charge is -2.17. The number of hydrogen-bond acceptors (Lipinski definition) is 6. The minimum Gasteiger partial charge on any atom is -0.394 e. The zero-order chi connectivity index (χ0) is 18.8. The number of aliphatic hydroxyl groups is 1. The minimum atomic E-state index is -0.657. The van der Waals surface area contributed by atoms with Crippen LogP contribution in [0.2, 0.25) is 0 Å². The SMILES string of the molecule is Cc1ccc(NC(=C/C=O)/C(=C\N(C)C)C(=O)NOCCO)c(F)c1. The van der Waals surface area contributed by atoms with Crippen molar-refractivity contribution in [3.8, 4) is 0 Å². The number of nitrogens with zero attached hydrogens (tertiary/aromatic N) is 1. The maximum atomic E-state index is 14.1. The molecule has 0 aromatic heterocycles. The molecule has 8 heteroatoms. The highest BCUT2D eigenvalue weighted by Crippen LogP contribution is 2.20. The number of aliphatic hydroxyl groups excluding tert-OH is 1. The van der Waals surface area contributed by atoms with Crippen LogP contribution in [0.15, 0.2) is 41.7 Å². The molecule has 1 aromatic carbocycles. The molecule has 0 bridgehead atoms. The van der Waals surface area contributed by atoms with Gasteiger partial charge in [0.15, 0.2) is 0 Å². The molecule has 7 nitrogen and oxygen atoms in total. The Kier molecular flexibility index (Phi) is 8.31. The molecule has 0 spiro atoms. The number of carbonyl (C=O) groups is 2. The highest BCUT2D eigenvalue weighted by Gasteiger charge is 2.17. The Morgan fingerprint density at radius 1 is 1.40 bits per heavy atom. The summed E-state index contributed by atoms with van der Waals surface area (Å²) in [5.74, 6) is -1.17. The number of allylic oxidation sites excluding steroid dienone is 1. The topological polar surface area (TPSA) is 90.9 Å². The summed E-state index contributed by atoms with van der Waals surface area (Å²) >= 11 is 0. The summed E-state index contributed by atoms with van der Waals surface area (Å²) in [7, 11) is 3.37. The fourth-order valence-electron chi connectivity index (χ4n) is 1.86. The normalized spacial score (nSPS) is 11.9. The van der Waals surface area contributed by atoms with Gasteiger partial charge in [-0.15, -0.1) is 0 Å². The van der Waals surface area contributed by atoms with Crippen molar-refractivity contribution in [1.29, 1.82) is 0 Å². The largest absolute Gasteiger partial charge is 0.394 e. The van der Waals surface area contributed by atoms with Crippen LogP contribution in [0, 0.1) is 12.7 Å². The smallest absolute Gasteiger partial charge is 0.278 e. The van der Waals surface area contributed by atoms with Gasteiger partial charge in [0.25, 0.3) is 5.91 Å². The lowest BCUT2D eigenvalue weighted by atomic mass is 10.1. The van der Waals surface area contributed by atoms with E-state index in [1.165, 1.54) is 18.3 Å². The predicted octanol–water partition coefficient (Wildman–Crippen LogP) is 1.11. The van der Waals surface area contributed by atoms with Gasteiger partial charge in [-0.05, 0) is 24.6 Å². The van der Waals surface area contributed by atoms with Crippen LogP contribution in [-0.2, 0) is 14.4 Å². The molecule has 0 aliphatic heterocycles. The third kappa shape index (κ3) is 6.74. The molecule has 0 radical (unpaired) electrons. The second kappa shape index (κ2) is 10.2. The number of hydrogen-bond donors (Lipinski definition) is 3. The van der Waals surface area contributed by atoms with Gasteiger partial charge in [-0.3, -0.25) is 14.4 Å². The first-order valence-corrected chi connectivity index (χ1v) is 7.49. The molecular weight excluding hydrogens is 329 g/mol. The number of hydroxylamine groups is 1. The van der Waals surface area contributed by atoms with E-state index in [0.29, 0.717) is 6.29 Å². The number of aldehydes is 1. The molecule has 1 rings (SSSR count). The molecule has 1 aromatic rings. The van der Waals surface area contributed by atoms with Gasteiger partial charge in [-0.1, -0.05) is 6.07 Å². The maximum absolute atomic E-state index is 14.1. The zero-order valence-corrected chi connectivity index (χ0v) is 14.4. The third-order valence-electron chi connectivity index (χ3n) is 2.91. The molecule has 25 heavy (non-hydrogen) atoms. The Hall–Kier alpha value is -2.71. The molecule has 3 N–H and O–H groups in total. The first-order valence-electron chi connectivity index (χ1n) is 7.49. The van der Waals surface area contributed by atoms with Crippen LogP contribution < -0.4 is 10.8 Å². The van der Waals surface area contributed by atoms with Crippen molar-refractivity contribution in [2.24, 2.45) is 0 Å². The van der Waals surface area contributed by atoms with E-state index in [-0.39, 0.29) is 30.2 Å². The second-order valence-electron chi connectivity index (χ2n) is 5.33. The number of aryl methyl sites for hydroxylation is 1. The predicted molar refractivity (Wildman–Crippen MR) is 91.9 cm³/mol. The number of carbonyl (C=O) groups excluding carboxylic acids is 2. The number of halogens is 1. The zero-order valence-electron chi connectivity index (χ0n) is 14.4.